The van der Waals surface area contributed by atoms with Crippen molar-refractivity contribution in [3.8, 4) is 11.5 Å². The summed E-state index contributed by atoms with van der Waals surface area (Å²) in [6.45, 7) is 2.73. The fourth-order valence-corrected chi connectivity index (χ4v) is 3.07. The van der Waals surface area contributed by atoms with Crippen molar-refractivity contribution in [3.63, 3.8) is 0 Å². The van der Waals surface area contributed by atoms with Crippen LogP contribution in [0.4, 0.5) is 0 Å². The third kappa shape index (κ3) is 5.77. The van der Waals surface area contributed by atoms with Crippen LogP contribution in [-0.2, 0) is 12.8 Å². The van der Waals surface area contributed by atoms with Crippen molar-refractivity contribution < 1.29 is 9.47 Å². The van der Waals surface area contributed by atoms with E-state index in [1.165, 1.54) is 5.56 Å². The fourth-order valence-electron chi connectivity index (χ4n) is 2.87. The Hall–Kier alpha value is -2.93. The van der Waals surface area contributed by atoms with Crippen LogP contribution in [0.1, 0.15) is 36.7 Å². The summed E-state index contributed by atoms with van der Waals surface area (Å²) in [5.41, 5.74) is 2.13. The average Bonchev–Trinajstić information content (AvgIpc) is 3.11. The molecule has 2 aromatic carbocycles. The van der Waals surface area contributed by atoms with Gasteiger partial charge in [-0.05, 0) is 48.0 Å². The Labute approximate surface area is 176 Å². The molecule has 0 aliphatic heterocycles. The van der Waals surface area contributed by atoms with Gasteiger partial charge in [-0.2, -0.15) is 14.9 Å². The number of benzene rings is 2. The van der Waals surface area contributed by atoms with Gasteiger partial charge in [0.05, 0.1) is 19.9 Å². The van der Waals surface area contributed by atoms with Crippen molar-refractivity contribution in [2.24, 2.45) is 5.10 Å². The number of H-pyrrole nitrogens is 1. The van der Waals surface area contributed by atoms with Crippen molar-refractivity contribution in [2.75, 3.05) is 13.7 Å². The van der Waals surface area contributed by atoms with Gasteiger partial charge in [-0.3, -0.25) is 5.10 Å². The Morgan fingerprint density at radius 2 is 1.97 bits per heavy atom. The van der Waals surface area contributed by atoms with Crippen molar-refractivity contribution in [1.29, 1.82) is 0 Å². The molecule has 0 radical (unpaired) electrons. The van der Waals surface area contributed by atoms with Crippen molar-refractivity contribution >= 4 is 18.4 Å². The first kappa shape index (κ1) is 20.8. The summed E-state index contributed by atoms with van der Waals surface area (Å²) < 4.78 is 13.6. The summed E-state index contributed by atoms with van der Waals surface area (Å²) in [7, 11) is 1.63. The highest BCUT2D eigenvalue weighted by Gasteiger charge is 2.07. The summed E-state index contributed by atoms with van der Waals surface area (Å²) in [6.07, 6.45) is 5.55. The summed E-state index contributed by atoms with van der Waals surface area (Å²) in [4.78, 5) is 0. The minimum absolute atomic E-state index is 0.486. The Morgan fingerprint density at radius 1 is 1.14 bits per heavy atom. The van der Waals surface area contributed by atoms with Crippen LogP contribution in [0.5, 0.6) is 11.5 Å². The van der Waals surface area contributed by atoms with Gasteiger partial charge in [0.1, 0.15) is 0 Å². The first-order valence-corrected chi connectivity index (χ1v) is 10.2. The van der Waals surface area contributed by atoms with Crippen LogP contribution >= 0.6 is 12.2 Å². The highest BCUT2D eigenvalue weighted by Crippen LogP contribution is 2.27. The number of nitrogens with zero attached hydrogens (tertiary/aromatic N) is 3. The molecule has 0 fully saturated rings. The fraction of sp³-hybridized carbons (Fsp3) is 0.318. The minimum Gasteiger partial charge on any atom is -0.493 e. The summed E-state index contributed by atoms with van der Waals surface area (Å²) in [5, 5.41) is 11.6. The van der Waals surface area contributed by atoms with Gasteiger partial charge in [0.15, 0.2) is 17.3 Å². The number of nitrogens with one attached hydrogen (secondary N) is 1. The number of rotatable bonds is 10. The van der Waals surface area contributed by atoms with Gasteiger partial charge in [0.25, 0.3) is 0 Å². The molecule has 7 heteroatoms. The van der Waals surface area contributed by atoms with Crippen molar-refractivity contribution in [2.45, 2.75) is 32.6 Å². The molecule has 1 aromatic heterocycles. The molecule has 1 heterocycles. The van der Waals surface area contributed by atoms with E-state index < -0.39 is 0 Å². The highest BCUT2D eigenvalue weighted by atomic mass is 32.1. The molecule has 0 aliphatic carbocycles. The van der Waals surface area contributed by atoms with E-state index in [-0.39, 0.29) is 0 Å². The molecule has 3 aromatic rings. The van der Waals surface area contributed by atoms with E-state index in [1.54, 1.807) is 18.0 Å². The Kier molecular flexibility index (Phi) is 7.58. The maximum atomic E-state index is 5.91. The zero-order chi connectivity index (χ0) is 20.5. The molecule has 6 nitrogen and oxygen atoms in total. The lowest BCUT2D eigenvalue weighted by atomic mass is 10.2. The van der Waals surface area contributed by atoms with Crippen LogP contribution in [0.25, 0.3) is 0 Å². The lowest BCUT2D eigenvalue weighted by Gasteiger charge is -2.11. The van der Waals surface area contributed by atoms with E-state index in [0.717, 1.165) is 37.1 Å². The Morgan fingerprint density at radius 3 is 2.72 bits per heavy atom. The number of unbranched alkanes of at least 4 members (excludes halogenated alkanes) is 1. The zero-order valence-corrected chi connectivity index (χ0v) is 17.6. The summed E-state index contributed by atoms with van der Waals surface area (Å²) in [5.74, 6) is 2.22. The average molecular weight is 411 g/mol. The predicted molar refractivity (Wildman–Crippen MR) is 118 cm³/mol. The standard InChI is InChI=1S/C22H26N4O2S/c1-3-4-10-21-24-25-22(29)26(21)23-16-18-11-12-19(20(15-18)27-2)28-14-13-17-8-6-5-7-9-17/h5-9,11-12,15-16H,3-4,10,13-14H2,1-2H3,(H,25,29)/b23-16+. The van der Waals surface area contributed by atoms with Crippen LogP contribution in [-0.4, -0.2) is 34.8 Å². The van der Waals surface area contributed by atoms with E-state index in [0.29, 0.717) is 22.9 Å². The molecule has 0 spiro atoms. The van der Waals surface area contributed by atoms with Gasteiger partial charge in [0, 0.05) is 12.8 Å². The number of methoxy groups -OCH3 is 1. The second-order valence-corrected chi connectivity index (χ2v) is 6.99. The number of hydrogen-bond acceptors (Lipinski definition) is 5. The Bertz CT molecular complexity index is 996. The predicted octanol–water partition coefficient (Wildman–Crippen LogP) is 4.80. The number of aryl methyl sites for hydroxylation is 1. The molecule has 152 valence electrons. The van der Waals surface area contributed by atoms with Gasteiger partial charge >= 0.3 is 0 Å². The largest absolute Gasteiger partial charge is 0.493 e. The first-order chi connectivity index (χ1) is 14.2. The summed E-state index contributed by atoms with van der Waals surface area (Å²) in [6, 6.07) is 16.0. The minimum atomic E-state index is 0.486. The van der Waals surface area contributed by atoms with Crippen molar-refractivity contribution in [1.82, 2.24) is 14.9 Å². The van der Waals surface area contributed by atoms with E-state index in [4.69, 9.17) is 21.7 Å². The summed E-state index contributed by atoms with van der Waals surface area (Å²) >= 11 is 5.28. The number of aromatic nitrogens is 3. The highest BCUT2D eigenvalue weighted by molar-refractivity contribution is 7.71. The molecule has 0 amide bonds. The van der Waals surface area contributed by atoms with E-state index in [9.17, 15) is 0 Å². The molecule has 0 unspecified atom stereocenters. The van der Waals surface area contributed by atoms with Crippen molar-refractivity contribution in [3.05, 3.63) is 70.3 Å². The van der Waals surface area contributed by atoms with Crippen LogP contribution in [0.2, 0.25) is 0 Å². The number of ether oxygens (including phenoxy) is 2. The van der Waals surface area contributed by atoms with Gasteiger partial charge < -0.3 is 9.47 Å². The topological polar surface area (TPSA) is 64.4 Å². The molecule has 3 rings (SSSR count). The lowest BCUT2D eigenvalue weighted by Crippen LogP contribution is -2.03. The second-order valence-electron chi connectivity index (χ2n) is 6.60. The van der Waals surface area contributed by atoms with Gasteiger partial charge in [-0.1, -0.05) is 43.7 Å². The lowest BCUT2D eigenvalue weighted by molar-refractivity contribution is 0.297. The van der Waals surface area contributed by atoms with Crippen LogP contribution in [0.3, 0.4) is 0 Å². The van der Waals surface area contributed by atoms with E-state index >= 15 is 0 Å². The van der Waals surface area contributed by atoms with Crippen LogP contribution < -0.4 is 9.47 Å². The zero-order valence-electron chi connectivity index (χ0n) is 16.8. The maximum absolute atomic E-state index is 5.91. The maximum Gasteiger partial charge on any atom is 0.216 e. The third-order valence-corrected chi connectivity index (χ3v) is 4.74. The van der Waals surface area contributed by atoms with Crippen LogP contribution in [0, 0.1) is 4.77 Å². The molecular weight excluding hydrogens is 384 g/mol. The smallest absolute Gasteiger partial charge is 0.216 e. The molecule has 0 aliphatic rings. The SMILES string of the molecule is CCCCc1n[nH]c(=S)n1/N=C/c1ccc(OCCc2ccccc2)c(OC)c1. The molecule has 0 bridgehead atoms. The molecule has 0 atom stereocenters. The molecule has 0 saturated carbocycles. The molecule has 29 heavy (non-hydrogen) atoms. The normalized spacial score (nSPS) is 11.1. The quantitative estimate of drug-likeness (QED) is 0.385. The van der Waals surface area contributed by atoms with Gasteiger partial charge in [-0.15, -0.1) is 0 Å². The third-order valence-electron chi connectivity index (χ3n) is 4.47. The number of aromatic amines is 1. The first-order valence-electron chi connectivity index (χ1n) is 9.76. The van der Waals surface area contributed by atoms with E-state index in [1.807, 2.05) is 36.4 Å². The molecular formula is C22H26N4O2S. The van der Waals surface area contributed by atoms with Crippen LogP contribution in [0.15, 0.2) is 53.6 Å². The monoisotopic (exact) mass is 410 g/mol. The number of hydrogen-bond donors (Lipinski definition) is 1. The second kappa shape index (κ2) is 10.6. The molecule has 1 N–H and O–H groups in total. The molecule has 0 saturated heterocycles. The Balaban J connectivity index is 1.68. The van der Waals surface area contributed by atoms with Gasteiger partial charge in [0.2, 0.25) is 4.77 Å². The van der Waals surface area contributed by atoms with Gasteiger partial charge in [-0.25, -0.2) is 0 Å². The van der Waals surface area contributed by atoms with E-state index in [2.05, 4.69) is 34.4 Å².